The lowest BCUT2D eigenvalue weighted by atomic mass is 9.79. The van der Waals surface area contributed by atoms with Crippen molar-refractivity contribution >= 4 is 67.9 Å². The van der Waals surface area contributed by atoms with Crippen molar-refractivity contribution in [2.24, 2.45) is 0 Å². The standard InChI is InChI=1S/C94H72N2/c1-91(2)79-21-13-9-17-67(79)69-45-41-65(53-83(69)91)95-87-23-15-11-19-73(87)77-51-63(39-47-89(77)95)61-35-29-57(30-36-61)25-27-59-33-43-71-75-55-86-76(56-85(75)93(5,6)81(71)49-59)72-44-34-60(50-82(72)94(86,7)8)28-26-58-31-37-62(38-32-58)64-40-48-90-78(52-64)74-20-12-16-24-88(74)96(90)66-42-46-70-68-18-10-14-22-80(68)92(3,4)84(70)54-66/h9-56H,1-8H3. The Morgan fingerprint density at radius 3 is 0.948 bits per heavy atom. The molecule has 0 amide bonds. The molecule has 0 saturated carbocycles. The Kier molecular flexibility index (Phi) is 11.9. The molecule has 15 aromatic rings. The van der Waals surface area contributed by atoms with Crippen molar-refractivity contribution in [3.05, 3.63) is 334 Å². The van der Waals surface area contributed by atoms with Crippen LogP contribution in [0.5, 0.6) is 0 Å². The van der Waals surface area contributed by atoms with Crippen LogP contribution in [0.15, 0.2) is 267 Å². The van der Waals surface area contributed by atoms with Gasteiger partial charge in [-0.05, 0) is 206 Å². The van der Waals surface area contributed by atoms with Gasteiger partial charge in [-0.3, -0.25) is 0 Å². The van der Waals surface area contributed by atoms with E-state index in [1.54, 1.807) is 0 Å². The molecule has 458 valence electrons. The maximum absolute atomic E-state index is 2.53. The molecule has 2 nitrogen and oxygen atoms in total. The topological polar surface area (TPSA) is 9.86 Å². The molecule has 96 heavy (non-hydrogen) atoms. The molecule has 0 bridgehead atoms. The van der Waals surface area contributed by atoms with E-state index in [0.29, 0.717) is 0 Å². The van der Waals surface area contributed by atoms with E-state index in [0.717, 1.165) is 0 Å². The second-order valence-electron chi connectivity index (χ2n) is 29.7. The number of hydrogen-bond acceptors (Lipinski definition) is 0. The number of nitrogens with zero attached hydrogens (tertiary/aromatic N) is 2. The molecule has 0 unspecified atom stereocenters. The SMILES string of the molecule is CC1(C)c2ccccc2-c2ccc(-n3c4ccccc4c4cc(-c5ccc(C=Cc6ccc7c(c6)C(C)(C)c6cc8c(cc6-7)C(C)(C)c6cc(C=Cc7ccc(-c9ccc%10c(c9)c9ccccc9n%10-c9ccc%10c(c9)C(C)(C)c9ccccc9-%10)cc7)ccc6-8)cc5)ccc43)cc21. The molecule has 2 heterocycles. The molecule has 0 radical (unpaired) electrons. The van der Waals surface area contributed by atoms with Gasteiger partial charge in [-0.15, -0.1) is 0 Å². The van der Waals surface area contributed by atoms with Crippen molar-refractivity contribution in [2.75, 3.05) is 0 Å². The minimum Gasteiger partial charge on any atom is -0.309 e. The van der Waals surface area contributed by atoms with Crippen LogP contribution in [0.4, 0.5) is 0 Å². The Labute approximate surface area is 562 Å². The van der Waals surface area contributed by atoms with E-state index in [2.05, 4.69) is 356 Å². The van der Waals surface area contributed by atoms with Crippen LogP contribution in [0, 0.1) is 0 Å². The summed E-state index contributed by atoms with van der Waals surface area (Å²) in [6.07, 6.45) is 9.09. The monoisotopic (exact) mass is 1230 g/mol. The summed E-state index contributed by atoms with van der Waals surface area (Å²) in [6.45, 7) is 19.1. The zero-order valence-corrected chi connectivity index (χ0v) is 55.6. The Hall–Kier alpha value is -11.1. The molecular formula is C94H72N2. The maximum atomic E-state index is 2.53. The van der Waals surface area contributed by atoms with E-state index < -0.39 is 0 Å². The van der Waals surface area contributed by atoms with Gasteiger partial charge < -0.3 is 9.13 Å². The van der Waals surface area contributed by atoms with Gasteiger partial charge in [-0.1, -0.05) is 274 Å². The van der Waals surface area contributed by atoms with Gasteiger partial charge in [0.25, 0.3) is 0 Å². The van der Waals surface area contributed by atoms with Gasteiger partial charge in [0.05, 0.1) is 22.1 Å². The average Bonchev–Trinajstić information content (AvgIpc) is 1.52. The Morgan fingerprint density at radius 2 is 0.510 bits per heavy atom. The number of hydrogen-bond donors (Lipinski definition) is 0. The number of rotatable bonds is 8. The van der Waals surface area contributed by atoms with E-state index in [1.165, 1.54) is 189 Å². The van der Waals surface area contributed by atoms with Crippen LogP contribution in [-0.2, 0) is 21.7 Å². The largest absolute Gasteiger partial charge is 0.309 e. The van der Waals surface area contributed by atoms with Crippen molar-refractivity contribution in [3.8, 4) is 78.1 Å². The number of aromatic nitrogens is 2. The molecule has 0 spiro atoms. The summed E-state index contributed by atoms with van der Waals surface area (Å²) in [7, 11) is 0. The molecule has 0 fully saturated rings. The lowest BCUT2D eigenvalue weighted by molar-refractivity contribution is 0.652. The fourth-order valence-electron chi connectivity index (χ4n) is 17.7. The fourth-order valence-corrected chi connectivity index (χ4v) is 17.7. The zero-order valence-electron chi connectivity index (χ0n) is 55.6. The van der Waals surface area contributed by atoms with Gasteiger partial charge in [-0.2, -0.15) is 0 Å². The first kappa shape index (κ1) is 56.5. The third-order valence-corrected chi connectivity index (χ3v) is 22.9. The third kappa shape index (κ3) is 8.18. The lowest BCUT2D eigenvalue weighted by Gasteiger charge is -2.24. The van der Waals surface area contributed by atoms with Crippen LogP contribution < -0.4 is 0 Å². The van der Waals surface area contributed by atoms with Crippen molar-refractivity contribution in [2.45, 2.75) is 77.0 Å². The highest BCUT2D eigenvalue weighted by molar-refractivity contribution is 6.12. The van der Waals surface area contributed by atoms with E-state index in [-0.39, 0.29) is 21.7 Å². The first-order valence-corrected chi connectivity index (χ1v) is 34.2. The maximum Gasteiger partial charge on any atom is 0.0541 e. The zero-order chi connectivity index (χ0) is 64.7. The van der Waals surface area contributed by atoms with Gasteiger partial charge in [0.1, 0.15) is 0 Å². The molecule has 13 aromatic carbocycles. The molecular weight excluding hydrogens is 1160 g/mol. The quantitative estimate of drug-likeness (QED) is 0.134. The van der Waals surface area contributed by atoms with Crippen molar-refractivity contribution in [1.29, 1.82) is 0 Å². The summed E-state index contributed by atoms with van der Waals surface area (Å²) in [5.41, 5.74) is 38.5. The minimum absolute atomic E-state index is 0.0664. The highest BCUT2D eigenvalue weighted by Gasteiger charge is 2.42. The molecule has 2 aromatic heterocycles. The molecule has 4 aliphatic carbocycles. The molecule has 0 saturated heterocycles. The van der Waals surface area contributed by atoms with Gasteiger partial charge >= 0.3 is 0 Å². The summed E-state index contributed by atoms with van der Waals surface area (Å²) in [4.78, 5) is 0. The summed E-state index contributed by atoms with van der Waals surface area (Å²) in [5.74, 6) is 0. The first-order chi connectivity index (χ1) is 46.6. The van der Waals surface area contributed by atoms with Gasteiger partial charge in [0.2, 0.25) is 0 Å². The summed E-state index contributed by atoms with van der Waals surface area (Å²) < 4.78 is 4.91. The smallest absolute Gasteiger partial charge is 0.0541 e. The number of fused-ring (bicyclic) bond motifs is 18. The van der Waals surface area contributed by atoms with E-state index in [1.807, 2.05) is 0 Å². The molecule has 0 N–H and O–H groups in total. The molecule has 4 aliphatic rings. The summed E-state index contributed by atoms with van der Waals surface area (Å²) >= 11 is 0. The van der Waals surface area contributed by atoms with E-state index in [9.17, 15) is 0 Å². The second-order valence-corrected chi connectivity index (χ2v) is 29.7. The van der Waals surface area contributed by atoms with Gasteiger partial charge in [0, 0.05) is 54.6 Å². The van der Waals surface area contributed by atoms with Gasteiger partial charge in [0.15, 0.2) is 0 Å². The Balaban J connectivity index is 0.550. The predicted octanol–water partition coefficient (Wildman–Crippen LogP) is 24.8. The van der Waals surface area contributed by atoms with Crippen molar-refractivity contribution in [1.82, 2.24) is 9.13 Å². The molecule has 2 heteroatoms. The second kappa shape index (κ2) is 20.2. The fraction of sp³-hybridized carbons (Fsp3) is 0.128. The lowest BCUT2D eigenvalue weighted by Crippen LogP contribution is -2.17. The van der Waals surface area contributed by atoms with Crippen LogP contribution in [0.1, 0.15) is 122 Å². The van der Waals surface area contributed by atoms with E-state index in [4.69, 9.17) is 0 Å². The molecule has 19 rings (SSSR count). The number of benzene rings is 13. The highest BCUT2D eigenvalue weighted by Crippen LogP contribution is 2.57. The van der Waals surface area contributed by atoms with Crippen LogP contribution in [0.2, 0.25) is 0 Å². The molecule has 0 aliphatic heterocycles. The van der Waals surface area contributed by atoms with Crippen molar-refractivity contribution in [3.63, 3.8) is 0 Å². The summed E-state index contributed by atoms with van der Waals surface area (Å²) in [5, 5.41) is 5.06. The van der Waals surface area contributed by atoms with Crippen LogP contribution in [0.25, 0.3) is 146 Å². The number of para-hydroxylation sites is 2. The predicted molar refractivity (Wildman–Crippen MR) is 407 cm³/mol. The normalized spacial score (nSPS) is 15.3. The van der Waals surface area contributed by atoms with Crippen molar-refractivity contribution < 1.29 is 0 Å². The first-order valence-electron chi connectivity index (χ1n) is 34.2. The Bertz CT molecular complexity index is 5560. The van der Waals surface area contributed by atoms with Crippen LogP contribution in [-0.4, -0.2) is 9.13 Å². The summed E-state index contributed by atoms with van der Waals surface area (Å²) in [6, 6.07) is 101. The Morgan fingerprint density at radius 1 is 0.208 bits per heavy atom. The molecule has 0 atom stereocenters. The van der Waals surface area contributed by atoms with Gasteiger partial charge in [-0.25, -0.2) is 0 Å². The van der Waals surface area contributed by atoms with Crippen LogP contribution >= 0.6 is 0 Å². The third-order valence-electron chi connectivity index (χ3n) is 22.9. The average molecular weight is 1230 g/mol. The van der Waals surface area contributed by atoms with Crippen LogP contribution in [0.3, 0.4) is 0 Å². The highest BCUT2D eigenvalue weighted by atomic mass is 15.0. The minimum atomic E-state index is -0.156. The van der Waals surface area contributed by atoms with E-state index >= 15 is 0 Å².